The molecule has 1 heterocycles. The van der Waals surface area contributed by atoms with Gasteiger partial charge in [-0.25, -0.2) is 4.98 Å². The molecule has 32 heavy (non-hydrogen) atoms. The Balaban J connectivity index is 1.39. The largest absolute Gasteiger partial charge is 0.355 e. The highest BCUT2D eigenvalue weighted by molar-refractivity contribution is 5.77. The molecule has 1 aromatic heterocycles. The van der Waals surface area contributed by atoms with Gasteiger partial charge >= 0.3 is 0 Å². The van der Waals surface area contributed by atoms with Crippen molar-refractivity contribution in [3.8, 4) is 0 Å². The van der Waals surface area contributed by atoms with E-state index in [4.69, 9.17) is 0 Å². The number of hydrogen-bond donors (Lipinski definition) is 2. The van der Waals surface area contributed by atoms with E-state index in [1.807, 2.05) is 54.6 Å². The first-order valence-corrected chi connectivity index (χ1v) is 10.9. The molecule has 0 fully saturated rings. The average molecular weight is 426 g/mol. The molecule has 0 unspecified atom stereocenters. The smallest absolute Gasteiger partial charge is 0.258 e. The summed E-state index contributed by atoms with van der Waals surface area (Å²) < 4.78 is 0. The molecule has 0 radical (unpaired) electrons. The molecule has 0 spiro atoms. The SMILES string of the molecule is CC(CNC(=O)CCCc1nc2ccccc2c(=O)[nH]1)(c1ccccc1)c1ccccc1. The van der Waals surface area contributed by atoms with E-state index in [0.717, 1.165) is 11.1 Å². The number of nitrogens with zero attached hydrogens (tertiary/aromatic N) is 1. The monoisotopic (exact) mass is 425 g/mol. The Morgan fingerprint density at radius 3 is 2.16 bits per heavy atom. The highest BCUT2D eigenvalue weighted by Gasteiger charge is 2.29. The van der Waals surface area contributed by atoms with Crippen LogP contribution in [0.2, 0.25) is 0 Å². The predicted octanol–water partition coefficient (Wildman–Crippen LogP) is 4.37. The minimum atomic E-state index is -0.330. The van der Waals surface area contributed by atoms with E-state index < -0.39 is 0 Å². The third-order valence-electron chi connectivity index (χ3n) is 5.94. The van der Waals surface area contributed by atoms with Gasteiger partial charge in [0.25, 0.3) is 5.56 Å². The molecule has 1 amide bonds. The fourth-order valence-electron chi connectivity index (χ4n) is 4.02. The number of nitrogens with one attached hydrogen (secondary N) is 2. The maximum absolute atomic E-state index is 12.6. The third-order valence-corrected chi connectivity index (χ3v) is 5.94. The topological polar surface area (TPSA) is 74.8 Å². The molecule has 0 saturated carbocycles. The Labute approximate surface area is 187 Å². The molecule has 0 aliphatic rings. The number of H-pyrrole nitrogens is 1. The highest BCUT2D eigenvalue weighted by atomic mass is 16.1. The highest BCUT2D eigenvalue weighted by Crippen LogP contribution is 2.31. The van der Waals surface area contributed by atoms with Crippen LogP contribution in [0.4, 0.5) is 0 Å². The van der Waals surface area contributed by atoms with Crippen LogP contribution >= 0.6 is 0 Å². The molecule has 162 valence electrons. The second-order valence-electron chi connectivity index (χ2n) is 8.22. The van der Waals surface area contributed by atoms with Crippen LogP contribution in [-0.2, 0) is 16.6 Å². The number of amides is 1. The van der Waals surface area contributed by atoms with Gasteiger partial charge in [0.05, 0.1) is 10.9 Å². The molecule has 5 nitrogen and oxygen atoms in total. The summed E-state index contributed by atoms with van der Waals surface area (Å²) in [5.74, 6) is 0.603. The zero-order valence-corrected chi connectivity index (χ0v) is 18.2. The number of hydrogen-bond acceptors (Lipinski definition) is 3. The summed E-state index contributed by atoms with van der Waals surface area (Å²) in [7, 11) is 0. The molecule has 3 aromatic carbocycles. The van der Waals surface area contributed by atoms with E-state index in [9.17, 15) is 9.59 Å². The summed E-state index contributed by atoms with van der Waals surface area (Å²) in [5, 5.41) is 3.70. The number of para-hydroxylation sites is 1. The summed E-state index contributed by atoms with van der Waals surface area (Å²) >= 11 is 0. The quantitative estimate of drug-likeness (QED) is 0.440. The van der Waals surface area contributed by atoms with Crippen molar-refractivity contribution in [1.29, 1.82) is 0 Å². The maximum Gasteiger partial charge on any atom is 0.258 e. The second kappa shape index (κ2) is 9.60. The predicted molar refractivity (Wildman–Crippen MR) is 128 cm³/mol. The molecule has 5 heteroatoms. The first kappa shape index (κ1) is 21.5. The van der Waals surface area contributed by atoms with E-state index in [-0.39, 0.29) is 16.9 Å². The summed E-state index contributed by atoms with van der Waals surface area (Å²) in [4.78, 5) is 32.2. The molecule has 0 saturated heterocycles. The van der Waals surface area contributed by atoms with Crippen molar-refractivity contribution in [3.63, 3.8) is 0 Å². The van der Waals surface area contributed by atoms with Gasteiger partial charge < -0.3 is 10.3 Å². The molecule has 0 aliphatic heterocycles. The van der Waals surface area contributed by atoms with Crippen LogP contribution in [0.1, 0.15) is 36.7 Å². The number of benzene rings is 3. The van der Waals surface area contributed by atoms with Gasteiger partial charge in [-0.1, -0.05) is 72.8 Å². The summed E-state index contributed by atoms with van der Waals surface area (Å²) in [6.07, 6.45) is 1.53. The van der Waals surface area contributed by atoms with Gasteiger partial charge in [0.2, 0.25) is 5.91 Å². The van der Waals surface area contributed by atoms with Crippen LogP contribution in [-0.4, -0.2) is 22.4 Å². The van der Waals surface area contributed by atoms with Gasteiger partial charge in [-0.05, 0) is 36.6 Å². The fourth-order valence-corrected chi connectivity index (χ4v) is 4.02. The fraction of sp³-hybridized carbons (Fsp3) is 0.222. The second-order valence-corrected chi connectivity index (χ2v) is 8.22. The number of carbonyl (C=O) groups excluding carboxylic acids is 1. The lowest BCUT2D eigenvalue weighted by Crippen LogP contribution is -2.39. The van der Waals surface area contributed by atoms with Gasteiger partial charge in [0, 0.05) is 24.8 Å². The van der Waals surface area contributed by atoms with Gasteiger partial charge in [0.1, 0.15) is 5.82 Å². The van der Waals surface area contributed by atoms with Crippen molar-refractivity contribution in [3.05, 3.63) is 112 Å². The summed E-state index contributed by atoms with van der Waals surface area (Å²) in [5.41, 5.74) is 2.52. The lowest BCUT2D eigenvalue weighted by Gasteiger charge is -2.31. The molecular formula is C27H27N3O2. The lowest BCUT2D eigenvalue weighted by molar-refractivity contribution is -0.121. The molecule has 0 bridgehead atoms. The normalized spacial score (nSPS) is 11.4. The maximum atomic E-state index is 12.6. The van der Waals surface area contributed by atoms with Crippen molar-refractivity contribution in [2.45, 2.75) is 31.6 Å². The summed E-state index contributed by atoms with van der Waals surface area (Å²) in [6, 6.07) is 27.8. The van der Waals surface area contributed by atoms with Crippen LogP contribution in [0.25, 0.3) is 10.9 Å². The van der Waals surface area contributed by atoms with Crippen LogP contribution in [0.3, 0.4) is 0 Å². The van der Waals surface area contributed by atoms with Crippen LogP contribution < -0.4 is 10.9 Å². The Morgan fingerprint density at radius 1 is 0.906 bits per heavy atom. The number of carbonyl (C=O) groups is 1. The zero-order valence-electron chi connectivity index (χ0n) is 18.2. The molecule has 2 N–H and O–H groups in total. The first-order chi connectivity index (χ1) is 15.6. The lowest BCUT2D eigenvalue weighted by atomic mass is 9.76. The minimum absolute atomic E-state index is 0.00813. The number of rotatable bonds is 8. The number of fused-ring (bicyclic) bond motifs is 1. The van der Waals surface area contributed by atoms with E-state index >= 15 is 0 Å². The van der Waals surface area contributed by atoms with Gasteiger partial charge in [-0.15, -0.1) is 0 Å². The third kappa shape index (κ3) is 4.78. The average Bonchev–Trinajstić information content (AvgIpc) is 2.84. The van der Waals surface area contributed by atoms with Gasteiger partial charge in [-0.2, -0.15) is 0 Å². The van der Waals surface area contributed by atoms with Crippen molar-refractivity contribution < 1.29 is 4.79 Å². The Hall–Kier alpha value is -3.73. The van der Waals surface area contributed by atoms with Gasteiger partial charge in [0.15, 0.2) is 0 Å². The van der Waals surface area contributed by atoms with E-state index in [0.29, 0.717) is 42.5 Å². The van der Waals surface area contributed by atoms with Gasteiger partial charge in [-0.3, -0.25) is 9.59 Å². The zero-order chi connectivity index (χ0) is 22.4. The Kier molecular flexibility index (Phi) is 6.45. The number of aromatic amines is 1. The van der Waals surface area contributed by atoms with Crippen molar-refractivity contribution in [2.75, 3.05) is 6.54 Å². The number of aryl methyl sites for hydroxylation is 1. The molecule has 0 aliphatic carbocycles. The Bertz CT molecular complexity index is 1210. The van der Waals surface area contributed by atoms with E-state index in [1.165, 1.54) is 0 Å². The molecule has 4 rings (SSSR count). The standard InChI is InChI=1S/C27H27N3O2/c1-27(20-11-4-2-5-12-20,21-13-6-3-7-14-21)19-28-25(31)18-10-17-24-29-23-16-9-8-15-22(23)26(32)30-24/h2-9,11-16H,10,17-19H2,1H3,(H,28,31)(H,29,30,32). The molecule has 4 aromatic rings. The Morgan fingerprint density at radius 2 is 1.50 bits per heavy atom. The summed E-state index contributed by atoms with van der Waals surface area (Å²) in [6.45, 7) is 2.66. The minimum Gasteiger partial charge on any atom is -0.355 e. The molecular weight excluding hydrogens is 398 g/mol. The van der Waals surface area contributed by atoms with Crippen LogP contribution in [0, 0.1) is 0 Å². The van der Waals surface area contributed by atoms with Crippen LogP contribution in [0.15, 0.2) is 89.7 Å². The van der Waals surface area contributed by atoms with Crippen LogP contribution in [0.5, 0.6) is 0 Å². The van der Waals surface area contributed by atoms with E-state index in [2.05, 4.69) is 46.5 Å². The van der Waals surface area contributed by atoms with Crippen molar-refractivity contribution in [2.24, 2.45) is 0 Å². The number of aromatic nitrogens is 2. The van der Waals surface area contributed by atoms with Crippen molar-refractivity contribution >= 4 is 16.8 Å². The van der Waals surface area contributed by atoms with Crippen molar-refractivity contribution in [1.82, 2.24) is 15.3 Å². The molecule has 0 atom stereocenters. The first-order valence-electron chi connectivity index (χ1n) is 10.9. The van der Waals surface area contributed by atoms with E-state index in [1.54, 1.807) is 6.07 Å².